The first-order valence-corrected chi connectivity index (χ1v) is 9.11. The topological polar surface area (TPSA) is 67.4 Å². The van der Waals surface area contributed by atoms with Crippen molar-refractivity contribution in [2.75, 3.05) is 13.7 Å². The number of benzene rings is 2. The fraction of sp³-hybridized carbons (Fsp3) is 0.263. The molecule has 0 saturated carbocycles. The lowest BCUT2D eigenvalue weighted by atomic mass is 10.1. The van der Waals surface area contributed by atoms with Gasteiger partial charge in [-0.05, 0) is 42.3 Å². The molecule has 0 aromatic heterocycles. The largest absolute Gasteiger partial charge is 0.492 e. The highest BCUT2D eigenvalue weighted by atomic mass is 35.5. The van der Waals surface area contributed by atoms with Crippen LogP contribution in [-0.2, 0) is 9.59 Å². The van der Waals surface area contributed by atoms with E-state index in [2.05, 4.69) is 10.6 Å². The van der Waals surface area contributed by atoms with Crippen molar-refractivity contribution in [2.45, 2.75) is 18.9 Å². The SMILES string of the molecule is CNC(=O)C(NC(=O)CCCOc1ccc(Cl)cc1Cl)c1ccc(F)c(F)c1. The Morgan fingerprint density at radius 1 is 1.11 bits per heavy atom. The van der Waals surface area contributed by atoms with Gasteiger partial charge in [-0.15, -0.1) is 0 Å². The van der Waals surface area contributed by atoms with Crippen molar-refractivity contribution >= 4 is 35.0 Å². The summed E-state index contributed by atoms with van der Waals surface area (Å²) in [4.78, 5) is 24.2. The molecule has 0 bridgehead atoms. The number of carbonyl (C=O) groups is 2. The number of amides is 2. The summed E-state index contributed by atoms with van der Waals surface area (Å²) in [6, 6.07) is 6.67. The Balaban J connectivity index is 1.90. The van der Waals surface area contributed by atoms with E-state index in [4.69, 9.17) is 27.9 Å². The summed E-state index contributed by atoms with van der Waals surface area (Å²) in [5.74, 6) is -2.69. The van der Waals surface area contributed by atoms with Gasteiger partial charge in [-0.2, -0.15) is 0 Å². The smallest absolute Gasteiger partial charge is 0.246 e. The van der Waals surface area contributed by atoms with Gasteiger partial charge in [0.1, 0.15) is 11.8 Å². The molecule has 0 aliphatic heterocycles. The molecule has 28 heavy (non-hydrogen) atoms. The normalized spacial score (nSPS) is 11.6. The lowest BCUT2D eigenvalue weighted by molar-refractivity contribution is -0.129. The van der Waals surface area contributed by atoms with Crippen LogP contribution in [0.25, 0.3) is 0 Å². The van der Waals surface area contributed by atoms with E-state index in [0.29, 0.717) is 22.2 Å². The number of rotatable bonds is 8. The maximum Gasteiger partial charge on any atom is 0.246 e. The summed E-state index contributed by atoms with van der Waals surface area (Å²) in [7, 11) is 1.38. The number of nitrogens with one attached hydrogen (secondary N) is 2. The van der Waals surface area contributed by atoms with Crippen LogP contribution in [0.1, 0.15) is 24.4 Å². The van der Waals surface area contributed by atoms with Crippen LogP contribution in [0.2, 0.25) is 10.0 Å². The molecule has 2 amide bonds. The molecule has 2 rings (SSSR count). The van der Waals surface area contributed by atoms with E-state index in [9.17, 15) is 18.4 Å². The van der Waals surface area contributed by atoms with Gasteiger partial charge in [0.05, 0.1) is 11.6 Å². The van der Waals surface area contributed by atoms with Crippen LogP contribution in [0.3, 0.4) is 0 Å². The molecule has 0 heterocycles. The summed E-state index contributed by atoms with van der Waals surface area (Å²) in [5, 5.41) is 5.73. The highest BCUT2D eigenvalue weighted by molar-refractivity contribution is 6.35. The second-order valence-electron chi connectivity index (χ2n) is 5.82. The molecule has 9 heteroatoms. The Hall–Kier alpha value is -2.38. The number of hydrogen-bond acceptors (Lipinski definition) is 3. The average Bonchev–Trinajstić information content (AvgIpc) is 2.66. The summed E-state index contributed by atoms with van der Waals surface area (Å²) in [5.41, 5.74) is 0.135. The van der Waals surface area contributed by atoms with E-state index in [-0.39, 0.29) is 18.6 Å². The molecule has 0 aliphatic carbocycles. The summed E-state index contributed by atoms with van der Waals surface area (Å²) in [6.07, 6.45) is 0.408. The molecule has 0 saturated heterocycles. The first-order chi connectivity index (χ1) is 13.3. The van der Waals surface area contributed by atoms with Crippen molar-refractivity contribution in [3.63, 3.8) is 0 Å². The van der Waals surface area contributed by atoms with Gasteiger partial charge in [0.2, 0.25) is 11.8 Å². The molecule has 0 aliphatic rings. The minimum Gasteiger partial charge on any atom is -0.492 e. The molecule has 0 spiro atoms. The second-order valence-corrected chi connectivity index (χ2v) is 6.66. The minimum absolute atomic E-state index is 0.0579. The Morgan fingerprint density at radius 2 is 1.86 bits per heavy atom. The third-order valence-corrected chi connectivity index (χ3v) is 4.32. The summed E-state index contributed by atoms with van der Waals surface area (Å²) in [6.45, 7) is 0.213. The minimum atomic E-state index is -1.14. The van der Waals surface area contributed by atoms with Gasteiger partial charge in [0.25, 0.3) is 0 Å². The first-order valence-electron chi connectivity index (χ1n) is 8.35. The van der Waals surface area contributed by atoms with Crippen molar-refractivity contribution in [1.29, 1.82) is 0 Å². The highest BCUT2D eigenvalue weighted by Gasteiger charge is 2.22. The van der Waals surface area contributed by atoms with Gasteiger partial charge in [-0.3, -0.25) is 9.59 Å². The van der Waals surface area contributed by atoms with Crippen LogP contribution in [0.15, 0.2) is 36.4 Å². The number of carbonyl (C=O) groups excluding carboxylic acids is 2. The monoisotopic (exact) mass is 430 g/mol. The zero-order valence-electron chi connectivity index (χ0n) is 14.9. The number of hydrogen-bond donors (Lipinski definition) is 2. The Bertz CT molecular complexity index is 865. The van der Waals surface area contributed by atoms with Crippen molar-refractivity contribution < 1.29 is 23.1 Å². The molecule has 5 nitrogen and oxygen atoms in total. The Kier molecular flexibility index (Phi) is 8.02. The van der Waals surface area contributed by atoms with E-state index >= 15 is 0 Å². The quantitative estimate of drug-likeness (QED) is 0.621. The molecule has 1 unspecified atom stereocenters. The van der Waals surface area contributed by atoms with Crippen LogP contribution in [0, 0.1) is 11.6 Å². The van der Waals surface area contributed by atoms with Gasteiger partial charge in [0, 0.05) is 18.5 Å². The lowest BCUT2D eigenvalue weighted by Gasteiger charge is -2.18. The summed E-state index contributed by atoms with van der Waals surface area (Å²) < 4.78 is 32.1. The molecule has 0 radical (unpaired) electrons. The fourth-order valence-electron chi connectivity index (χ4n) is 2.38. The molecule has 2 aromatic rings. The van der Waals surface area contributed by atoms with Crippen molar-refractivity contribution in [2.24, 2.45) is 0 Å². The second kappa shape index (κ2) is 10.2. The molecule has 0 fully saturated rings. The van der Waals surface area contributed by atoms with Crippen molar-refractivity contribution in [1.82, 2.24) is 10.6 Å². The van der Waals surface area contributed by atoms with Crippen molar-refractivity contribution in [3.05, 3.63) is 63.6 Å². The van der Waals surface area contributed by atoms with Gasteiger partial charge >= 0.3 is 0 Å². The van der Waals surface area contributed by atoms with Crippen LogP contribution in [0.5, 0.6) is 5.75 Å². The Morgan fingerprint density at radius 3 is 2.50 bits per heavy atom. The molecule has 2 N–H and O–H groups in total. The van der Waals surface area contributed by atoms with E-state index < -0.39 is 29.5 Å². The van der Waals surface area contributed by atoms with E-state index in [0.717, 1.165) is 12.1 Å². The molecular weight excluding hydrogens is 413 g/mol. The molecule has 2 aromatic carbocycles. The van der Waals surface area contributed by atoms with Gasteiger partial charge in [0.15, 0.2) is 11.6 Å². The van der Waals surface area contributed by atoms with Gasteiger partial charge in [-0.1, -0.05) is 29.3 Å². The molecule has 150 valence electrons. The first kappa shape index (κ1) is 21.9. The fourth-order valence-corrected chi connectivity index (χ4v) is 2.84. The third-order valence-electron chi connectivity index (χ3n) is 3.79. The van der Waals surface area contributed by atoms with Gasteiger partial charge in [-0.25, -0.2) is 8.78 Å². The number of ether oxygens (including phenoxy) is 1. The van der Waals surface area contributed by atoms with Crippen LogP contribution < -0.4 is 15.4 Å². The lowest BCUT2D eigenvalue weighted by Crippen LogP contribution is -2.39. The zero-order valence-corrected chi connectivity index (χ0v) is 16.4. The molecular formula is C19H18Cl2F2N2O3. The zero-order chi connectivity index (χ0) is 20.7. The van der Waals surface area contributed by atoms with E-state index in [1.165, 1.54) is 13.1 Å². The van der Waals surface area contributed by atoms with Crippen LogP contribution in [-0.4, -0.2) is 25.5 Å². The van der Waals surface area contributed by atoms with Gasteiger partial charge < -0.3 is 15.4 Å². The predicted octanol–water partition coefficient (Wildman–Crippen LogP) is 4.03. The van der Waals surface area contributed by atoms with Crippen LogP contribution >= 0.6 is 23.2 Å². The van der Waals surface area contributed by atoms with Crippen molar-refractivity contribution in [3.8, 4) is 5.75 Å². The highest BCUT2D eigenvalue weighted by Crippen LogP contribution is 2.27. The molecule has 1 atom stereocenters. The third kappa shape index (κ3) is 6.07. The van der Waals surface area contributed by atoms with Crippen LogP contribution in [0.4, 0.5) is 8.78 Å². The maximum absolute atomic E-state index is 13.5. The van der Waals surface area contributed by atoms with E-state index in [1.807, 2.05) is 0 Å². The average molecular weight is 431 g/mol. The summed E-state index contributed by atoms with van der Waals surface area (Å²) >= 11 is 11.8. The number of likely N-dealkylation sites (N-methyl/N-ethyl adjacent to an activating group) is 1. The van der Waals surface area contributed by atoms with E-state index in [1.54, 1.807) is 18.2 Å². The predicted molar refractivity (Wildman–Crippen MR) is 102 cm³/mol. The standard InChI is InChI=1S/C19H18Cl2F2N2O3/c1-24-19(27)18(11-4-6-14(22)15(23)9-11)25-17(26)3-2-8-28-16-7-5-12(20)10-13(16)21/h4-7,9-10,18H,2-3,8H2,1H3,(H,24,27)(H,25,26). The number of halogens is 4. The Labute approximate surface area is 171 Å². The maximum atomic E-state index is 13.5.